The monoisotopic (exact) mass is 354 g/mol. The van der Waals surface area contributed by atoms with E-state index in [2.05, 4.69) is 10.3 Å². The van der Waals surface area contributed by atoms with E-state index in [0.717, 1.165) is 17.7 Å². The average Bonchev–Trinajstić information content (AvgIpc) is 2.59. The first-order valence-corrected chi connectivity index (χ1v) is 8.64. The first kappa shape index (κ1) is 17.9. The highest BCUT2D eigenvalue weighted by Crippen LogP contribution is 2.35. The Hall–Kier alpha value is -2.89. The van der Waals surface area contributed by atoms with Crippen molar-refractivity contribution < 1.29 is 19.4 Å². The van der Waals surface area contributed by atoms with Crippen LogP contribution in [0.25, 0.3) is 0 Å². The Balaban J connectivity index is 1.63. The first-order chi connectivity index (χ1) is 12.5. The number of carbonyl (C=O) groups is 2. The maximum atomic E-state index is 12.5. The zero-order chi connectivity index (χ0) is 18.6. The highest BCUT2D eigenvalue weighted by Gasteiger charge is 2.40. The van der Waals surface area contributed by atoms with E-state index >= 15 is 0 Å². The first-order valence-electron chi connectivity index (χ1n) is 8.64. The molecule has 136 valence electrons. The van der Waals surface area contributed by atoms with E-state index in [9.17, 15) is 9.59 Å². The minimum absolute atomic E-state index is 0.0397. The van der Waals surface area contributed by atoms with Crippen LogP contribution < -0.4 is 10.1 Å². The Labute approximate surface area is 152 Å². The lowest BCUT2D eigenvalue weighted by Crippen LogP contribution is -2.54. The van der Waals surface area contributed by atoms with Crippen LogP contribution in [0.5, 0.6) is 5.75 Å². The van der Waals surface area contributed by atoms with Gasteiger partial charge in [-0.05, 0) is 56.0 Å². The largest absolute Gasteiger partial charge is 0.487 e. The van der Waals surface area contributed by atoms with Gasteiger partial charge in [0.15, 0.2) is 0 Å². The number of aromatic nitrogens is 1. The normalized spacial score (nSPS) is 15.0. The molecule has 0 aliphatic heterocycles. The summed E-state index contributed by atoms with van der Waals surface area (Å²) < 4.78 is 5.70. The van der Waals surface area contributed by atoms with Gasteiger partial charge in [0.05, 0.1) is 18.2 Å². The topological polar surface area (TPSA) is 88.5 Å². The predicted octanol–water partition coefficient (Wildman–Crippen LogP) is 3.10. The number of ether oxygens (including phenoxy) is 1. The zero-order valence-electron chi connectivity index (χ0n) is 14.7. The summed E-state index contributed by atoms with van der Waals surface area (Å²) in [6.07, 6.45) is 3.97. The molecule has 0 unspecified atom stereocenters. The SMILES string of the molecule is Cc1ccc(OCc2cccc(C(=O)NC3(CC(=O)O)CCC3)c2)cn1. The third kappa shape index (κ3) is 4.39. The van der Waals surface area contributed by atoms with Gasteiger partial charge in [-0.3, -0.25) is 14.6 Å². The van der Waals surface area contributed by atoms with Gasteiger partial charge < -0.3 is 15.2 Å². The molecule has 2 N–H and O–H groups in total. The van der Waals surface area contributed by atoms with E-state index in [4.69, 9.17) is 9.84 Å². The minimum Gasteiger partial charge on any atom is -0.487 e. The second-order valence-electron chi connectivity index (χ2n) is 6.78. The smallest absolute Gasteiger partial charge is 0.305 e. The van der Waals surface area contributed by atoms with Crippen molar-refractivity contribution in [3.8, 4) is 5.75 Å². The number of nitrogens with one attached hydrogen (secondary N) is 1. The molecule has 1 fully saturated rings. The van der Waals surface area contributed by atoms with Gasteiger partial charge >= 0.3 is 5.97 Å². The van der Waals surface area contributed by atoms with E-state index in [1.54, 1.807) is 24.4 Å². The molecule has 2 aromatic rings. The standard InChI is InChI=1S/C20H22N2O4/c1-14-6-7-17(12-21-14)26-13-15-4-2-5-16(10-15)19(25)22-20(8-3-9-20)11-18(23)24/h2,4-7,10,12H,3,8-9,11,13H2,1H3,(H,22,25)(H,23,24). The lowest BCUT2D eigenvalue weighted by molar-refractivity contribution is -0.139. The van der Waals surface area contributed by atoms with Gasteiger partial charge in [0.25, 0.3) is 5.91 Å². The third-order valence-electron chi connectivity index (χ3n) is 4.66. The zero-order valence-corrected chi connectivity index (χ0v) is 14.7. The molecule has 6 nitrogen and oxygen atoms in total. The van der Waals surface area contributed by atoms with E-state index in [1.807, 2.05) is 25.1 Å². The van der Waals surface area contributed by atoms with Gasteiger partial charge in [0.2, 0.25) is 0 Å². The second-order valence-corrected chi connectivity index (χ2v) is 6.78. The summed E-state index contributed by atoms with van der Waals surface area (Å²) in [4.78, 5) is 27.8. The summed E-state index contributed by atoms with van der Waals surface area (Å²) >= 11 is 0. The molecule has 0 atom stereocenters. The Morgan fingerprint density at radius 2 is 2.08 bits per heavy atom. The Kier molecular flexibility index (Phi) is 5.21. The second kappa shape index (κ2) is 7.56. The molecule has 3 rings (SSSR count). The highest BCUT2D eigenvalue weighted by atomic mass is 16.5. The van der Waals surface area contributed by atoms with Crippen LogP contribution in [0.3, 0.4) is 0 Å². The quantitative estimate of drug-likeness (QED) is 0.798. The fourth-order valence-corrected chi connectivity index (χ4v) is 3.06. The molecule has 1 amide bonds. The molecule has 26 heavy (non-hydrogen) atoms. The number of carboxylic acids is 1. The van der Waals surface area contributed by atoms with Crippen molar-refractivity contribution in [2.24, 2.45) is 0 Å². The number of rotatable bonds is 7. The number of nitrogens with zero attached hydrogens (tertiary/aromatic N) is 1. The van der Waals surface area contributed by atoms with Crippen molar-refractivity contribution in [3.05, 3.63) is 59.4 Å². The summed E-state index contributed by atoms with van der Waals surface area (Å²) in [7, 11) is 0. The summed E-state index contributed by atoms with van der Waals surface area (Å²) in [6, 6.07) is 10.9. The fourth-order valence-electron chi connectivity index (χ4n) is 3.06. The van der Waals surface area contributed by atoms with E-state index in [-0.39, 0.29) is 12.3 Å². The lowest BCUT2D eigenvalue weighted by atomic mass is 9.74. The maximum Gasteiger partial charge on any atom is 0.305 e. The minimum atomic E-state index is -0.890. The number of carbonyl (C=O) groups excluding carboxylic acids is 1. The van der Waals surface area contributed by atoms with Gasteiger partial charge in [0.1, 0.15) is 12.4 Å². The molecular weight excluding hydrogens is 332 g/mol. The number of hydrogen-bond acceptors (Lipinski definition) is 4. The highest BCUT2D eigenvalue weighted by molar-refractivity contribution is 5.95. The van der Waals surface area contributed by atoms with Gasteiger partial charge in [-0.15, -0.1) is 0 Å². The molecule has 0 spiro atoms. The van der Waals surface area contributed by atoms with E-state index in [1.165, 1.54) is 0 Å². The molecule has 1 heterocycles. The Bertz CT molecular complexity index is 798. The van der Waals surface area contributed by atoms with Crippen LogP contribution in [0.2, 0.25) is 0 Å². The van der Waals surface area contributed by atoms with Crippen molar-refractivity contribution >= 4 is 11.9 Å². The van der Waals surface area contributed by atoms with Crippen LogP contribution in [0.4, 0.5) is 0 Å². The molecule has 0 bridgehead atoms. The number of aryl methyl sites for hydroxylation is 1. The lowest BCUT2D eigenvalue weighted by Gasteiger charge is -2.41. The van der Waals surface area contributed by atoms with Crippen LogP contribution in [0.1, 0.15) is 47.3 Å². The van der Waals surface area contributed by atoms with Crippen LogP contribution in [-0.4, -0.2) is 27.5 Å². The number of aliphatic carboxylic acids is 1. The van der Waals surface area contributed by atoms with Crippen LogP contribution in [0, 0.1) is 6.92 Å². The number of hydrogen-bond donors (Lipinski definition) is 2. The fraction of sp³-hybridized carbons (Fsp3) is 0.350. The molecule has 0 saturated heterocycles. The average molecular weight is 354 g/mol. The van der Waals surface area contributed by atoms with Crippen molar-refractivity contribution in [2.75, 3.05) is 0 Å². The summed E-state index contributed by atoms with van der Waals surface area (Å²) in [5.41, 5.74) is 1.68. The van der Waals surface area contributed by atoms with Crippen molar-refractivity contribution in [2.45, 2.75) is 44.8 Å². The molecule has 1 aromatic carbocycles. The Morgan fingerprint density at radius 1 is 1.27 bits per heavy atom. The van der Waals surface area contributed by atoms with Crippen molar-refractivity contribution in [3.63, 3.8) is 0 Å². The van der Waals surface area contributed by atoms with Crippen LogP contribution >= 0.6 is 0 Å². The maximum absolute atomic E-state index is 12.5. The molecule has 1 aliphatic carbocycles. The molecular formula is C20H22N2O4. The number of benzene rings is 1. The van der Waals surface area contributed by atoms with E-state index in [0.29, 0.717) is 30.8 Å². The number of pyridine rings is 1. The van der Waals surface area contributed by atoms with Crippen molar-refractivity contribution in [1.82, 2.24) is 10.3 Å². The Morgan fingerprint density at radius 3 is 2.69 bits per heavy atom. The number of amides is 1. The molecule has 6 heteroatoms. The van der Waals surface area contributed by atoms with Crippen LogP contribution in [0.15, 0.2) is 42.6 Å². The molecule has 1 aliphatic rings. The molecule has 0 radical (unpaired) electrons. The van der Waals surface area contributed by atoms with Crippen LogP contribution in [-0.2, 0) is 11.4 Å². The summed E-state index contributed by atoms with van der Waals surface area (Å²) in [6.45, 7) is 2.23. The predicted molar refractivity (Wildman–Crippen MR) is 96.0 cm³/mol. The van der Waals surface area contributed by atoms with Gasteiger partial charge in [-0.2, -0.15) is 0 Å². The third-order valence-corrected chi connectivity index (χ3v) is 4.66. The summed E-state index contributed by atoms with van der Waals surface area (Å²) in [5, 5.41) is 12.0. The van der Waals surface area contributed by atoms with E-state index < -0.39 is 11.5 Å². The number of carboxylic acid groups (broad SMARTS) is 1. The molecule has 1 saturated carbocycles. The van der Waals surface area contributed by atoms with Gasteiger partial charge in [0, 0.05) is 11.3 Å². The summed E-state index contributed by atoms with van der Waals surface area (Å²) in [5.74, 6) is -0.469. The van der Waals surface area contributed by atoms with Crippen molar-refractivity contribution in [1.29, 1.82) is 0 Å². The van der Waals surface area contributed by atoms with Gasteiger partial charge in [-0.1, -0.05) is 12.1 Å². The molecule has 1 aromatic heterocycles. The van der Waals surface area contributed by atoms with Gasteiger partial charge in [-0.25, -0.2) is 0 Å².